The van der Waals surface area contributed by atoms with Gasteiger partial charge in [0.15, 0.2) is 6.61 Å². The molecule has 4 aliphatic carbocycles. The fourth-order valence-electron chi connectivity index (χ4n) is 5.86. The van der Waals surface area contributed by atoms with Gasteiger partial charge >= 0.3 is 5.97 Å². The molecule has 4 saturated carbocycles. The van der Waals surface area contributed by atoms with E-state index in [1.54, 1.807) is 12.1 Å². The lowest BCUT2D eigenvalue weighted by atomic mass is 9.53. The number of rotatable bonds is 9. The second-order valence-electron chi connectivity index (χ2n) is 8.91. The predicted molar refractivity (Wildman–Crippen MR) is 108 cm³/mol. The number of benzene rings is 1. The summed E-state index contributed by atoms with van der Waals surface area (Å²) in [5, 5.41) is 3.22. The minimum atomic E-state index is -0.420. The van der Waals surface area contributed by atoms with Gasteiger partial charge in [-0.15, -0.1) is 0 Å². The van der Waals surface area contributed by atoms with Gasteiger partial charge in [0.05, 0.1) is 19.6 Å². The Kier molecular flexibility index (Phi) is 5.97. The predicted octanol–water partition coefficient (Wildman–Crippen LogP) is 3.48. The van der Waals surface area contributed by atoms with Crippen LogP contribution in [-0.2, 0) is 14.3 Å². The lowest BCUT2D eigenvalue weighted by Crippen LogP contribution is -2.60. The minimum absolute atomic E-state index is 0.0466. The van der Waals surface area contributed by atoms with E-state index in [0.717, 1.165) is 42.8 Å². The molecule has 158 valence electrons. The van der Waals surface area contributed by atoms with Crippen LogP contribution in [0.4, 0.5) is 0 Å². The average molecular weight is 402 g/mol. The summed E-state index contributed by atoms with van der Waals surface area (Å²) in [4.78, 5) is 24.3. The topological polar surface area (TPSA) is 73.9 Å². The highest BCUT2D eigenvalue weighted by atomic mass is 16.5. The SMILES string of the molecule is CCOc1ccc(OCCC(=O)OCC(=O)NC23CC4CC(CC(C4)C2)C3)cc1. The molecule has 0 aromatic heterocycles. The number of amides is 1. The lowest BCUT2D eigenvalue weighted by Gasteiger charge is -2.56. The molecule has 0 unspecified atom stereocenters. The largest absolute Gasteiger partial charge is 0.494 e. The van der Waals surface area contributed by atoms with Crippen LogP contribution in [0, 0.1) is 17.8 Å². The van der Waals surface area contributed by atoms with E-state index in [1.165, 1.54) is 19.3 Å². The second-order valence-corrected chi connectivity index (χ2v) is 8.91. The van der Waals surface area contributed by atoms with E-state index in [2.05, 4.69) is 5.32 Å². The monoisotopic (exact) mass is 401 g/mol. The molecule has 4 aliphatic rings. The zero-order valence-electron chi connectivity index (χ0n) is 17.2. The van der Waals surface area contributed by atoms with Crippen LogP contribution in [0.15, 0.2) is 24.3 Å². The Morgan fingerprint density at radius 2 is 1.52 bits per heavy atom. The number of hydrogen-bond donors (Lipinski definition) is 1. The molecule has 1 amide bonds. The lowest BCUT2D eigenvalue weighted by molar-refractivity contribution is -0.150. The van der Waals surface area contributed by atoms with Gasteiger partial charge in [0.25, 0.3) is 5.91 Å². The zero-order chi connectivity index (χ0) is 20.3. The van der Waals surface area contributed by atoms with Crippen molar-refractivity contribution in [2.24, 2.45) is 17.8 Å². The van der Waals surface area contributed by atoms with Crippen molar-refractivity contribution in [1.29, 1.82) is 0 Å². The van der Waals surface area contributed by atoms with Gasteiger partial charge < -0.3 is 19.5 Å². The number of ether oxygens (including phenoxy) is 3. The maximum Gasteiger partial charge on any atom is 0.309 e. The number of esters is 1. The third-order valence-corrected chi connectivity index (χ3v) is 6.52. The fraction of sp³-hybridized carbons (Fsp3) is 0.652. The number of hydrogen-bond acceptors (Lipinski definition) is 5. The summed E-state index contributed by atoms with van der Waals surface area (Å²) in [7, 11) is 0. The van der Waals surface area contributed by atoms with Crippen LogP contribution in [0.1, 0.15) is 51.9 Å². The van der Waals surface area contributed by atoms with Gasteiger partial charge in [0.2, 0.25) is 0 Å². The van der Waals surface area contributed by atoms with Crippen molar-refractivity contribution in [2.45, 2.75) is 57.4 Å². The number of carbonyl (C=O) groups is 2. The van der Waals surface area contributed by atoms with Crippen LogP contribution in [-0.4, -0.2) is 37.2 Å². The van der Waals surface area contributed by atoms with Crippen molar-refractivity contribution >= 4 is 11.9 Å². The molecule has 0 saturated heterocycles. The Morgan fingerprint density at radius 1 is 0.966 bits per heavy atom. The maximum absolute atomic E-state index is 12.4. The molecule has 1 aromatic rings. The van der Waals surface area contributed by atoms with Crippen molar-refractivity contribution in [3.05, 3.63) is 24.3 Å². The minimum Gasteiger partial charge on any atom is -0.494 e. The highest BCUT2D eigenvalue weighted by Gasteiger charge is 2.51. The van der Waals surface area contributed by atoms with Gasteiger partial charge in [-0.25, -0.2) is 0 Å². The first-order chi connectivity index (χ1) is 14.0. The smallest absolute Gasteiger partial charge is 0.309 e. The van der Waals surface area contributed by atoms with Crippen molar-refractivity contribution in [2.75, 3.05) is 19.8 Å². The Bertz CT molecular complexity index is 694. The first-order valence-corrected chi connectivity index (χ1v) is 10.9. The van der Waals surface area contributed by atoms with Crippen LogP contribution in [0.3, 0.4) is 0 Å². The van der Waals surface area contributed by atoms with Gasteiger partial charge in [-0.05, 0) is 87.5 Å². The summed E-state index contributed by atoms with van der Waals surface area (Å²) in [5.41, 5.74) is -0.0466. The van der Waals surface area contributed by atoms with Crippen molar-refractivity contribution in [3.63, 3.8) is 0 Å². The van der Waals surface area contributed by atoms with Crippen LogP contribution in [0.5, 0.6) is 11.5 Å². The van der Waals surface area contributed by atoms with E-state index >= 15 is 0 Å². The van der Waals surface area contributed by atoms with Gasteiger partial charge in [-0.3, -0.25) is 9.59 Å². The molecular weight excluding hydrogens is 370 g/mol. The summed E-state index contributed by atoms with van der Waals surface area (Å²) < 4.78 is 16.1. The van der Waals surface area contributed by atoms with Gasteiger partial charge in [0.1, 0.15) is 11.5 Å². The van der Waals surface area contributed by atoms with Crippen molar-refractivity contribution in [3.8, 4) is 11.5 Å². The third-order valence-electron chi connectivity index (χ3n) is 6.52. The van der Waals surface area contributed by atoms with Crippen molar-refractivity contribution < 1.29 is 23.8 Å². The first kappa shape index (κ1) is 20.0. The standard InChI is InChI=1S/C23H31NO5/c1-2-27-19-3-5-20(6-4-19)28-8-7-22(26)29-15-21(25)24-23-12-16-9-17(13-23)11-18(10-16)14-23/h3-6,16-18H,2,7-15H2,1H3,(H,24,25). The molecule has 0 heterocycles. The molecule has 0 atom stereocenters. The molecule has 6 nitrogen and oxygen atoms in total. The van der Waals surface area contributed by atoms with Crippen LogP contribution in [0.2, 0.25) is 0 Å². The molecule has 0 spiro atoms. The quantitative estimate of drug-likeness (QED) is 0.641. The number of nitrogens with one attached hydrogen (secondary N) is 1. The summed E-state index contributed by atoms with van der Waals surface area (Å²) in [6.45, 7) is 2.55. The van der Waals surface area contributed by atoms with Gasteiger partial charge in [-0.2, -0.15) is 0 Å². The Hall–Kier alpha value is -2.24. The Balaban J connectivity index is 1.15. The molecule has 29 heavy (non-hydrogen) atoms. The highest BCUT2D eigenvalue weighted by Crippen LogP contribution is 2.55. The van der Waals surface area contributed by atoms with Crippen LogP contribution < -0.4 is 14.8 Å². The summed E-state index contributed by atoms with van der Waals surface area (Å²) in [5.74, 6) is 3.16. The molecule has 6 heteroatoms. The molecule has 4 fully saturated rings. The fourth-order valence-corrected chi connectivity index (χ4v) is 5.86. The molecule has 5 rings (SSSR count). The normalized spacial score (nSPS) is 29.3. The molecule has 0 aliphatic heterocycles. The third kappa shape index (κ3) is 5.03. The number of carbonyl (C=O) groups excluding carboxylic acids is 2. The molecule has 4 bridgehead atoms. The van der Waals surface area contributed by atoms with E-state index < -0.39 is 5.97 Å². The Morgan fingerprint density at radius 3 is 2.07 bits per heavy atom. The zero-order valence-corrected chi connectivity index (χ0v) is 17.2. The van der Waals surface area contributed by atoms with Gasteiger partial charge in [0, 0.05) is 5.54 Å². The summed E-state index contributed by atoms with van der Waals surface area (Å²) in [6, 6.07) is 7.25. The molecule has 1 N–H and O–H groups in total. The van der Waals surface area contributed by atoms with E-state index in [0.29, 0.717) is 12.4 Å². The van der Waals surface area contributed by atoms with E-state index in [1.807, 2.05) is 19.1 Å². The second kappa shape index (κ2) is 8.64. The highest BCUT2D eigenvalue weighted by molar-refractivity contribution is 5.81. The summed E-state index contributed by atoms with van der Waals surface area (Å²) in [6.07, 6.45) is 7.38. The maximum atomic E-state index is 12.4. The Labute approximate surface area is 172 Å². The first-order valence-electron chi connectivity index (χ1n) is 10.9. The van der Waals surface area contributed by atoms with Crippen molar-refractivity contribution in [1.82, 2.24) is 5.32 Å². The van der Waals surface area contributed by atoms with Crippen LogP contribution in [0.25, 0.3) is 0 Å². The molecule has 0 radical (unpaired) electrons. The van der Waals surface area contributed by atoms with E-state index in [9.17, 15) is 9.59 Å². The summed E-state index contributed by atoms with van der Waals surface area (Å²) >= 11 is 0. The van der Waals surface area contributed by atoms with Gasteiger partial charge in [-0.1, -0.05) is 0 Å². The molecular formula is C23H31NO5. The van der Waals surface area contributed by atoms with E-state index in [4.69, 9.17) is 14.2 Å². The average Bonchev–Trinajstić information content (AvgIpc) is 2.66. The van der Waals surface area contributed by atoms with Crippen LogP contribution >= 0.6 is 0 Å². The molecule has 1 aromatic carbocycles. The van der Waals surface area contributed by atoms with E-state index in [-0.39, 0.29) is 31.1 Å².